The average molecular weight is 329 g/mol. The monoisotopic (exact) mass is 328 g/mol. The second kappa shape index (κ2) is 7.51. The van der Waals surface area contributed by atoms with Crippen molar-refractivity contribution in [2.45, 2.75) is 24.6 Å². The Morgan fingerprint density at radius 1 is 0.957 bits per heavy atom. The average Bonchev–Trinajstić information content (AvgIpc) is 2.63. The SMILES string of the molecule is O=C(Nc1ccc(N2CCCCC2)cc1)[C@@H](Cl)c1ccccc1. The molecular formula is C19H21ClN2O. The van der Waals surface area contributed by atoms with E-state index in [9.17, 15) is 4.79 Å². The van der Waals surface area contributed by atoms with E-state index in [0.717, 1.165) is 24.3 Å². The fourth-order valence-electron chi connectivity index (χ4n) is 2.89. The van der Waals surface area contributed by atoms with E-state index in [4.69, 9.17) is 11.6 Å². The lowest BCUT2D eigenvalue weighted by atomic mass is 10.1. The lowest BCUT2D eigenvalue weighted by Crippen LogP contribution is -2.29. The van der Waals surface area contributed by atoms with Gasteiger partial charge >= 0.3 is 0 Å². The van der Waals surface area contributed by atoms with Crippen LogP contribution in [-0.2, 0) is 4.79 Å². The van der Waals surface area contributed by atoms with Gasteiger partial charge in [-0.05, 0) is 49.1 Å². The molecule has 0 spiro atoms. The predicted octanol–water partition coefficient (Wildman–Crippen LogP) is 4.60. The lowest BCUT2D eigenvalue weighted by Gasteiger charge is -2.28. The topological polar surface area (TPSA) is 32.3 Å². The highest BCUT2D eigenvalue weighted by atomic mass is 35.5. The summed E-state index contributed by atoms with van der Waals surface area (Å²) in [5.74, 6) is -0.205. The Kier molecular flexibility index (Phi) is 5.19. The van der Waals surface area contributed by atoms with E-state index in [1.807, 2.05) is 42.5 Å². The van der Waals surface area contributed by atoms with E-state index >= 15 is 0 Å². The van der Waals surface area contributed by atoms with E-state index in [2.05, 4.69) is 22.3 Å². The summed E-state index contributed by atoms with van der Waals surface area (Å²) in [6.07, 6.45) is 3.83. The number of hydrogen-bond acceptors (Lipinski definition) is 2. The number of halogens is 1. The van der Waals surface area contributed by atoms with E-state index in [-0.39, 0.29) is 5.91 Å². The first-order valence-corrected chi connectivity index (χ1v) is 8.52. The minimum Gasteiger partial charge on any atom is -0.372 e. The Bertz CT molecular complexity index is 636. The normalized spacial score (nSPS) is 16.0. The van der Waals surface area contributed by atoms with Gasteiger partial charge < -0.3 is 10.2 Å². The van der Waals surface area contributed by atoms with Crippen LogP contribution in [0.4, 0.5) is 11.4 Å². The first-order valence-electron chi connectivity index (χ1n) is 8.09. The van der Waals surface area contributed by atoms with Gasteiger partial charge in [-0.15, -0.1) is 11.6 Å². The third-order valence-corrected chi connectivity index (χ3v) is 4.63. The fraction of sp³-hybridized carbons (Fsp3) is 0.316. The summed E-state index contributed by atoms with van der Waals surface area (Å²) in [5.41, 5.74) is 2.79. The van der Waals surface area contributed by atoms with Crippen molar-refractivity contribution in [1.82, 2.24) is 0 Å². The number of carbonyl (C=O) groups is 1. The van der Waals surface area contributed by atoms with Crippen LogP contribution in [0, 0.1) is 0 Å². The number of nitrogens with one attached hydrogen (secondary N) is 1. The van der Waals surface area contributed by atoms with E-state index in [1.165, 1.54) is 24.9 Å². The van der Waals surface area contributed by atoms with Gasteiger partial charge in [0.2, 0.25) is 5.91 Å². The first kappa shape index (κ1) is 15.9. The molecule has 120 valence electrons. The van der Waals surface area contributed by atoms with Crippen LogP contribution in [0.15, 0.2) is 54.6 Å². The van der Waals surface area contributed by atoms with Crippen molar-refractivity contribution in [2.75, 3.05) is 23.3 Å². The molecule has 23 heavy (non-hydrogen) atoms. The van der Waals surface area contributed by atoms with Crippen LogP contribution < -0.4 is 10.2 Å². The molecule has 1 atom stereocenters. The van der Waals surface area contributed by atoms with Crippen molar-refractivity contribution < 1.29 is 4.79 Å². The van der Waals surface area contributed by atoms with E-state index in [1.54, 1.807) is 0 Å². The maximum absolute atomic E-state index is 12.2. The molecule has 0 saturated carbocycles. The van der Waals surface area contributed by atoms with Gasteiger partial charge in [-0.3, -0.25) is 4.79 Å². The zero-order valence-electron chi connectivity index (χ0n) is 13.0. The second-order valence-electron chi connectivity index (χ2n) is 5.86. The number of alkyl halides is 1. The van der Waals surface area contributed by atoms with Gasteiger partial charge in [0.15, 0.2) is 0 Å². The van der Waals surface area contributed by atoms with Crippen LogP contribution in [0.25, 0.3) is 0 Å². The molecular weight excluding hydrogens is 308 g/mol. The summed E-state index contributed by atoms with van der Waals surface area (Å²) in [4.78, 5) is 14.6. The third kappa shape index (κ3) is 4.05. The summed E-state index contributed by atoms with van der Waals surface area (Å²) < 4.78 is 0. The molecule has 0 unspecified atom stereocenters. The molecule has 1 saturated heterocycles. The number of amides is 1. The highest BCUT2D eigenvalue weighted by Gasteiger charge is 2.17. The van der Waals surface area contributed by atoms with Crippen molar-refractivity contribution in [3.63, 3.8) is 0 Å². The van der Waals surface area contributed by atoms with Crippen molar-refractivity contribution in [3.05, 3.63) is 60.2 Å². The molecule has 0 aromatic heterocycles. The van der Waals surface area contributed by atoms with Gasteiger partial charge in [0.1, 0.15) is 5.38 Å². The highest BCUT2D eigenvalue weighted by Crippen LogP contribution is 2.24. The Morgan fingerprint density at radius 2 is 1.61 bits per heavy atom. The van der Waals surface area contributed by atoms with Gasteiger partial charge in [0.25, 0.3) is 0 Å². The minimum atomic E-state index is -0.682. The number of carbonyl (C=O) groups excluding carboxylic acids is 1. The number of anilines is 2. The van der Waals surface area contributed by atoms with Crippen LogP contribution in [-0.4, -0.2) is 19.0 Å². The van der Waals surface area contributed by atoms with Crippen molar-refractivity contribution in [3.8, 4) is 0 Å². The molecule has 2 aromatic carbocycles. The van der Waals surface area contributed by atoms with Crippen LogP contribution in [0.1, 0.15) is 30.2 Å². The fourth-order valence-corrected chi connectivity index (χ4v) is 3.09. The molecule has 3 rings (SSSR count). The lowest BCUT2D eigenvalue weighted by molar-refractivity contribution is -0.116. The van der Waals surface area contributed by atoms with Crippen LogP contribution in [0.2, 0.25) is 0 Å². The Labute approximate surface area is 142 Å². The Morgan fingerprint density at radius 3 is 2.26 bits per heavy atom. The zero-order valence-corrected chi connectivity index (χ0v) is 13.8. The quantitative estimate of drug-likeness (QED) is 0.832. The number of rotatable bonds is 4. The summed E-state index contributed by atoms with van der Waals surface area (Å²) in [5, 5.41) is 2.20. The maximum atomic E-state index is 12.2. The molecule has 3 nitrogen and oxygen atoms in total. The van der Waals surface area contributed by atoms with Crippen LogP contribution in [0.3, 0.4) is 0 Å². The van der Waals surface area contributed by atoms with Crippen LogP contribution >= 0.6 is 11.6 Å². The van der Waals surface area contributed by atoms with Crippen molar-refractivity contribution in [2.24, 2.45) is 0 Å². The number of piperidine rings is 1. The molecule has 1 aliphatic rings. The van der Waals surface area contributed by atoms with E-state index < -0.39 is 5.38 Å². The molecule has 1 fully saturated rings. The second-order valence-corrected chi connectivity index (χ2v) is 6.29. The zero-order chi connectivity index (χ0) is 16.1. The molecule has 1 aliphatic heterocycles. The molecule has 1 heterocycles. The first-order chi connectivity index (χ1) is 11.2. The van der Waals surface area contributed by atoms with Crippen molar-refractivity contribution in [1.29, 1.82) is 0 Å². The smallest absolute Gasteiger partial charge is 0.246 e. The molecule has 2 aromatic rings. The predicted molar refractivity (Wildman–Crippen MR) is 96.2 cm³/mol. The van der Waals surface area contributed by atoms with Gasteiger partial charge in [0.05, 0.1) is 0 Å². The number of hydrogen-bond donors (Lipinski definition) is 1. The summed E-state index contributed by atoms with van der Waals surface area (Å²) in [7, 11) is 0. The summed E-state index contributed by atoms with van der Waals surface area (Å²) in [6, 6.07) is 17.4. The molecule has 1 amide bonds. The standard InChI is InChI=1S/C19H21ClN2O/c20-18(15-7-3-1-4-8-15)19(23)21-16-9-11-17(12-10-16)22-13-5-2-6-14-22/h1,3-4,7-12,18H,2,5-6,13-14H2,(H,21,23)/t18-/m0/s1. The largest absolute Gasteiger partial charge is 0.372 e. The minimum absolute atomic E-state index is 0.205. The maximum Gasteiger partial charge on any atom is 0.246 e. The van der Waals surface area contributed by atoms with Crippen LogP contribution in [0.5, 0.6) is 0 Å². The van der Waals surface area contributed by atoms with Gasteiger partial charge in [-0.1, -0.05) is 30.3 Å². The van der Waals surface area contributed by atoms with Crippen molar-refractivity contribution >= 4 is 28.9 Å². The number of benzene rings is 2. The van der Waals surface area contributed by atoms with Gasteiger partial charge in [0, 0.05) is 24.5 Å². The van der Waals surface area contributed by atoms with Gasteiger partial charge in [-0.2, -0.15) is 0 Å². The molecule has 1 N–H and O–H groups in total. The molecule has 0 aliphatic carbocycles. The Balaban J connectivity index is 1.62. The molecule has 0 radical (unpaired) electrons. The summed E-state index contributed by atoms with van der Waals surface area (Å²) in [6.45, 7) is 2.23. The number of nitrogens with zero attached hydrogens (tertiary/aromatic N) is 1. The van der Waals surface area contributed by atoms with Gasteiger partial charge in [-0.25, -0.2) is 0 Å². The molecule has 0 bridgehead atoms. The van der Waals surface area contributed by atoms with E-state index in [0.29, 0.717) is 0 Å². The Hall–Kier alpha value is -2.00. The third-order valence-electron chi connectivity index (χ3n) is 4.18. The molecule has 4 heteroatoms. The highest BCUT2D eigenvalue weighted by molar-refractivity contribution is 6.32. The summed E-state index contributed by atoms with van der Waals surface area (Å²) >= 11 is 6.24.